The van der Waals surface area contributed by atoms with Gasteiger partial charge in [0.15, 0.2) is 0 Å². The minimum Gasteiger partial charge on any atom is -0.311 e. The summed E-state index contributed by atoms with van der Waals surface area (Å²) < 4.78 is 1.55. The molecular weight excluding hydrogens is 310 g/mol. The number of nitrogens with zero attached hydrogens (tertiary/aromatic N) is 3. The van der Waals surface area contributed by atoms with E-state index >= 15 is 0 Å². The summed E-state index contributed by atoms with van der Waals surface area (Å²) in [7, 11) is 1.74. The quantitative estimate of drug-likeness (QED) is 0.743. The summed E-state index contributed by atoms with van der Waals surface area (Å²) in [6.07, 6.45) is 1.54. The van der Waals surface area contributed by atoms with Gasteiger partial charge in [0.2, 0.25) is 0 Å². The molecule has 5 nitrogen and oxygen atoms in total. The molecule has 6 heteroatoms. The summed E-state index contributed by atoms with van der Waals surface area (Å²) in [6, 6.07) is 9.44. The molecule has 2 aromatic heterocycles. The van der Waals surface area contributed by atoms with Crippen LogP contribution >= 0.6 is 11.3 Å². The number of carbonyl (C=O) groups excluding carboxylic acids is 1. The van der Waals surface area contributed by atoms with E-state index in [-0.39, 0.29) is 11.5 Å². The van der Waals surface area contributed by atoms with E-state index in [1.165, 1.54) is 17.7 Å². The summed E-state index contributed by atoms with van der Waals surface area (Å²) in [5.74, 6) is -0.126. The Hall–Kier alpha value is -2.47. The van der Waals surface area contributed by atoms with Gasteiger partial charge < -0.3 is 4.90 Å². The van der Waals surface area contributed by atoms with E-state index in [1.807, 2.05) is 44.2 Å². The number of fused-ring (bicyclic) bond motifs is 1. The van der Waals surface area contributed by atoms with Crippen LogP contribution in [0.2, 0.25) is 0 Å². The van der Waals surface area contributed by atoms with Crippen molar-refractivity contribution in [1.29, 1.82) is 0 Å². The van der Waals surface area contributed by atoms with Gasteiger partial charge in [-0.3, -0.25) is 14.2 Å². The first-order valence-electron chi connectivity index (χ1n) is 7.36. The van der Waals surface area contributed by atoms with E-state index in [0.29, 0.717) is 27.2 Å². The van der Waals surface area contributed by atoms with Crippen LogP contribution < -0.4 is 10.5 Å². The number of benzene rings is 1. The molecule has 3 aromatic rings. The Balaban J connectivity index is 2.10. The number of anilines is 1. The number of hydrogen-bond acceptors (Lipinski definition) is 4. The average Bonchev–Trinajstić information content (AvgIpc) is 2.92. The molecule has 1 amide bonds. The van der Waals surface area contributed by atoms with Crippen molar-refractivity contribution in [3.63, 3.8) is 0 Å². The molecule has 1 aromatic carbocycles. The summed E-state index contributed by atoms with van der Waals surface area (Å²) >= 11 is 1.27. The highest BCUT2D eigenvalue weighted by atomic mass is 32.1. The lowest BCUT2D eigenvalue weighted by Crippen LogP contribution is -2.26. The second-order valence-corrected chi connectivity index (χ2v) is 6.27. The van der Waals surface area contributed by atoms with E-state index in [1.54, 1.807) is 16.5 Å². The monoisotopic (exact) mass is 327 g/mol. The third-order valence-electron chi connectivity index (χ3n) is 3.90. The molecule has 0 saturated carbocycles. The van der Waals surface area contributed by atoms with Gasteiger partial charge >= 0.3 is 0 Å². The first-order chi connectivity index (χ1) is 11.0. The van der Waals surface area contributed by atoms with Crippen LogP contribution in [0.3, 0.4) is 0 Å². The van der Waals surface area contributed by atoms with Gasteiger partial charge in [-0.05, 0) is 31.5 Å². The van der Waals surface area contributed by atoms with Gasteiger partial charge in [0, 0.05) is 19.3 Å². The average molecular weight is 327 g/mol. The minimum absolute atomic E-state index is 0.0901. The van der Waals surface area contributed by atoms with Crippen molar-refractivity contribution in [2.45, 2.75) is 20.4 Å². The minimum atomic E-state index is -0.126. The zero-order chi connectivity index (χ0) is 16.6. The van der Waals surface area contributed by atoms with Crippen molar-refractivity contribution in [3.05, 3.63) is 57.5 Å². The van der Waals surface area contributed by atoms with Crippen LogP contribution in [0.4, 0.5) is 5.69 Å². The van der Waals surface area contributed by atoms with Gasteiger partial charge in [-0.2, -0.15) is 0 Å². The number of rotatable bonds is 3. The SMILES string of the molecule is CCn1cnc2sc(C(=O)N(C)c3ccccc3)c(C)c2c1=O. The molecule has 0 aliphatic heterocycles. The largest absolute Gasteiger partial charge is 0.311 e. The van der Waals surface area contributed by atoms with Crippen LogP contribution in [-0.4, -0.2) is 22.5 Å². The Morgan fingerprint density at radius 1 is 1.30 bits per heavy atom. The van der Waals surface area contributed by atoms with Crippen molar-refractivity contribution in [3.8, 4) is 0 Å². The standard InChI is InChI=1S/C17H17N3O2S/c1-4-20-10-18-15-13(16(20)21)11(2)14(23-15)17(22)19(3)12-8-6-5-7-9-12/h5-10H,4H2,1-3H3. The van der Waals surface area contributed by atoms with Gasteiger partial charge in [-0.25, -0.2) is 4.98 Å². The zero-order valence-electron chi connectivity index (χ0n) is 13.2. The molecule has 0 bridgehead atoms. The molecule has 0 saturated heterocycles. The van der Waals surface area contributed by atoms with E-state index in [4.69, 9.17) is 0 Å². The number of aromatic nitrogens is 2. The highest BCUT2D eigenvalue weighted by Crippen LogP contribution is 2.29. The number of thiophene rings is 1. The second kappa shape index (κ2) is 5.96. The van der Waals surface area contributed by atoms with Crippen molar-refractivity contribution in [1.82, 2.24) is 9.55 Å². The van der Waals surface area contributed by atoms with Crippen molar-refractivity contribution in [2.24, 2.45) is 0 Å². The lowest BCUT2D eigenvalue weighted by molar-refractivity contribution is 0.0996. The number of para-hydroxylation sites is 1. The predicted molar refractivity (Wildman–Crippen MR) is 93.5 cm³/mol. The van der Waals surface area contributed by atoms with E-state index in [2.05, 4.69) is 4.98 Å². The third-order valence-corrected chi connectivity index (χ3v) is 5.09. The van der Waals surface area contributed by atoms with Gasteiger partial charge in [-0.1, -0.05) is 18.2 Å². The van der Waals surface area contributed by atoms with Crippen LogP contribution in [0, 0.1) is 6.92 Å². The molecule has 0 aliphatic carbocycles. The fourth-order valence-electron chi connectivity index (χ4n) is 2.51. The summed E-state index contributed by atoms with van der Waals surface area (Å²) in [5.41, 5.74) is 1.43. The summed E-state index contributed by atoms with van der Waals surface area (Å²) in [4.78, 5) is 32.3. The normalized spacial score (nSPS) is 10.9. The molecule has 23 heavy (non-hydrogen) atoms. The van der Waals surface area contributed by atoms with Gasteiger partial charge in [-0.15, -0.1) is 11.3 Å². The molecule has 2 heterocycles. The van der Waals surface area contributed by atoms with Crippen molar-refractivity contribution < 1.29 is 4.79 Å². The Morgan fingerprint density at radius 2 is 2.00 bits per heavy atom. The third kappa shape index (κ3) is 2.55. The lowest BCUT2D eigenvalue weighted by Gasteiger charge is -2.16. The zero-order valence-corrected chi connectivity index (χ0v) is 14.1. The fraction of sp³-hybridized carbons (Fsp3) is 0.235. The molecule has 0 fully saturated rings. The maximum absolute atomic E-state index is 12.8. The number of hydrogen-bond donors (Lipinski definition) is 0. The highest BCUT2D eigenvalue weighted by Gasteiger charge is 2.22. The smallest absolute Gasteiger partial charge is 0.268 e. The van der Waals surface area contributed by atoms with E-state index in [9.17, 15) is 9.59 Å². The number of aryl methyl sites for hydroxylation is 2. The van der Waals surface area contributed by atoms with Crippen LogP contribution in [0.15, 0.2) is 41.5 Å². The fourth-order valence-corrected chi connectivity index (χ4v) is 3.62. The van der Waals surface area contributed by atoms with Crippen molar-refractivity contribution in [2.75, 3.05) is 11.9 Å². The van der Waals surface area contributed by atoms with Gasteiger partial charge in [0.25, 0.3) is 11.5 Å². The second-order valence-electron chi connectivity index (χ2n) is 5.27. The topological polar surface area (TPSA) is 55.2 Å². The first kappa shape index (κ1) is 15.4. The molecule has 0 atom stereocenters. The van der Waals surface area contributed by atoms with Gasteiger partial charge in [0.1, 0.15) is 4.83 Å². The molecule has 0 radical (unpaired) electrons. The Bertz CT molecular complexity index is 928. The van der Waals surface area contributed by atoms with Crippen LogP contribution in [0.25, 0.3) is 10.2 Å². The number of carbonyl (C=O) groups is 1. The van der Waals surface area contributed by atoms with Gasteiger partial charge in [0.05, 0.1) is 16.6 Å². The van der Waals surface area contributed by atoms with E-state index < -0.39 is 0 Å². The Morgan fingerprint density at radius 3 is 2.65 bits per heavy atom. The van der Waals surface area contributed by atoms with Crippen LogP contribution in [0.1, 0.15) is 22.2 Å². The molecule has 0 aliphatic rings. The van der Waals surface area contributed by atoms with Crippen molar-refractivity contribution >= 4 is 33.1 Å². The van der Waals surface area contributed by atoms with Crippen LogP contribution in [-0.2, 0) is 6.54 Å². The predicted octanol–water partition coefficient (Wildman–Crippen LogP) is 3.06. The molecule has 3 rings (SSSR count). The van der Waals surface area contributed by atoms with Crippen LogP contribution in [0.5, 0.6) is 0 Å². The first-order valence-corrected chi connectivity index (χ1v) is 8.18. The lowest BCUT2D eigenvalue weighted by atomic mass is 10.2. The highest BCUT2D eigenvalue weighted by molar-refractivity contribution is 7.20. The molecular formula is C17H17N3O2S. The Labute approximate surface area is 137 Å². The Kier molecular flexibility index (Phi) is 4.00. The maximum Gasteiger partial charge on any atom is 0.268 e. The summed E-state index contributed by atoms with van der Waals surface area (Å²) in [6.45, 7) is 4.27. The summed E-state index contributed by atoms with van der Waals surface area (Å²) in [5, 5.41) is 0.546. The number of amides is 1. The molecule has 0 N–H and O–H groups in total. The molecule has 0 spiro atoms. The molecule has 0 unspecified atom stereocenters. The van der Waals surface area contributed by atoms with E-state index in [0.717, 1.165) is 5.69 Å². The molecule has 118 valence electrons. The maximum atomic E-state index is 12.8.